The van der Waals surface area contributed by atoms with Crippen molar-refractivity contribution in [2.24, 2.45) is 0 Å². The number of carbonyl (C=O) groups is 1. The quantitative estimate of drug-likeness (QED) is 0.0204. The third-order valence-corrected chi connectivity index (χ3v) is 13.9. The van der Waals surface area contributed by atoms with Crippen molar-refractivity contribution >= 4 is 5.91 Å². The van der Waals surface area contributed by atoms with Crippen LogP contribution in [0.2, 0.25) is 0 Å². The summed E-state index contributed by atoms with van der Waals surface area (Å²) in [7, 11) is 0. The molecular weight excluding hydrogens is 991 g/mol. The van der Waals surface area contributed by atoms with Gasteiger partial charge in [0.15, 0.2) is 12.6 Å². The SMILES string of the molecule is CC/C=C\C/C=C\C/C=C\C/C=C\C/C=C\C/C=C\CCCCCCCCCCCCC(=O)NC(COC1OC(CO)C(OC2OC(CO)C(O)C(O)C2O)C(O)C1O)C(O)/C=C/CC/C=C/CC/C=C/CCCCCCC. The van der Waals surface area contributed by atoms with Crippen LogP contribution in [0.5, 0.6) is 0 Å². The van der Waals surface area contributed by atoms with Crippen molar-refractivity contribution in [2.75, 3.05) is 19.8 Å². The summed E-state index contributed by atoms with van der Waals surface area (Å²) in [4.78, 5) is 13.3. The van der Waals surface area contributed by atoms with Crippen molar-refractivity contribution in [3.05, 3.63) is 109 Å². The smallest absolute Gasteiger partial charge is 0.220 e. The average molecular weight is 1100 g/mol. The molecule has 1 amide bonds. The molecule has 0 bridgehead atoms. The molecule has 2 aliphatic rings. The number of amides is 1. The maximum absolute atomic E-state index is 13.3. The fourth-order valence-electron chi connectivity index (χ4n) is 9.09. The van der Waals surface area contributed by atoms with E-state index in [1.807, 2.05) is 6.08 Å². The highest BCUT2D eigenvalue weighted by atomic mass is 16.7. The fraction of sp³-hybridized carbons (Fsp3) is 0.703. The van der Waals surface area contributed by atoms with E-state index in [-0.39, 0.29) is 18.9 Å². The third-order valence-electron chi connectivity index (χ3n) is 13.9. The summed E-state index contributed by atoms with van der Waals surface area (Å²) in [6.07, 6.45) is 51.2. The Morgan fingerprint density at radius 1 is 0.474 bits per heavy atom. The van der Waals surface area contributed by atoms with E-state index in [0.717, 1.165) is 89.9 Å². The highest BCUT2D eigenvalue weighted by Crippen LogP contribution is 2.30. The van der Waals surface area contributed by atoms with Gasteiger partial charge in [0.25, 0.3) is 0 Å². The normalized spacial score (nSPS) is 25.4. The molecule has 78 heavy (non-hydrogen) atoms. The van der Waals surface area contributed by atoms with Gasteiger partial charge in [-0.2, -0.15) is 0 Å². The summed E-state index contributed by atoms with van der Waals surface area (Å²) < 4.78 is 22.7. The molecule has 0 aromatic rings. The number of hydrogen-bond acceptors (Lipinski definition) is 13. The van der Waals surface area contributed by atoms with Gasteiger partial charge in [0.05, 0.1) is 32.0 Å². The van der Waals surface area contributed by atoms with Gasteiger partial charge in [0.1, 0.15) is 48.8 Å². The summed E-state index contributed by atoms with van der Waals surface area (Å²) in [6, 6.07) is -0.947. The lowest BCUT2D eigenvalue weighted by Gasteiger charge is -2.46. The minimum atomic E-state index is -1.80. The molecule has 0 spiro atoms. The van der Waals surface area contributed by atoms with Crippen LogP contribution in [0.25, 0.3) is 0 Å². The Labute approximate surface area is 470 Å². The molecule has 2 saturated heterocycles. The summed E-state index contributed by atoms with van der Waals surface area (Å²) >= 11 is 0. The van der Waals surface area contributed by atoms with Crippen molar-refractivity contribution < 1.29 is 64.6 Å². The summed E-state index contributed by atoms with van der Waals surface area (Å²) in [5, 5.41) is 87.0. The van der Waals surface area contributed by atoms with Crippen LogP contribution in [-0.4, -0.2) is 140 Å². The van der Waals surface area contributed by atoms with E-state index >= 15 is 0 Å². The van der Waals surface area contributed by atoms with Crippen LogP contribution < -0.4 is 5.32 Å². The predicted octanol–water partition coefficient (Wildman–Crippen LogP) is 10.4. The van der Waals surface area contributed by atoms with Gasteiger partial charge >= 0.3 is 0 Å². The summed E-state index contributed by atoms with van der Waals surface area (Å²) in [5.74, 6) is -0.264. The van der Waals surface area contributed by atoms with E-state index < -0.39 is 86.8 Å². The van der Waals surface area contributed by atoms with Crippen LogP contribution in [0.1, 0.15) is 194 Å². The monoisotopic (exact) mass is 1100 g/mol. The van der Waals surface area contributed by atoms with Crippen LogP contribution in [0.3, 0.4) is 0 Å². The maximum atomic E-state index is 13.3. The van der Waals surface area contributed by atoms with Crippen molar-refractivity contribution in [2.45, 2.75) is 267 Å². The molecule has 0 aromatic heterocycles. The van der Waals surface area contributed by atoms with Crippen LogP contribution >= 0.6 is 0 Å². The van der Waals surface area contributed by atoms with Gasteiger partial charge in [-0.1, -0.05) is 200 Å². The molecule has 2 heterocycles. The summed E-state index contributed by atoms with van der Waals surface area (Å²) in [6.45, 7) is 2.62. The zero-order valence-corrected chi connectivity index (χ0v) is 47.9. The Balaban J connectivity index is 1.74. The van der Waals surface area contributed by atoms with Crippen molar-refractivity contribution in [3.63, 3.8) is 0 Å². The lowest BCUT2D eigenvalue weighted by molar-refractivity contribution is -0.359. The number of rotatable bonds is 46. The zero-order chi connectivity index (χ0) is 56.7. The molecule has 2 aliphatic heterocycles. The number of aliphatic hydroxyl groups excluding tert-OH is 8. The van der Waals surface area contributed by atoms with E-state index in [2.05, 4.69) is 116 Å². The van der Waals surface area contributed by atoms with Gasteiger partial charge in [0, 0.05) is 6.42 Å². The second-order valence-corrected chi connectivity index (χ2v) is 20.7. The molecule has 14 heteroatoms. The van der Waals surface area contributed by atoms with Crippen molar-refractivity contribution in [1.29, 1.82) is 0 Å². The highest BCUT2D eigenvalue weighted by molar-refractivity contribution is 5.76. The Kier molecular flexibility index (Phi) is 43.9. The topological polar surface area (TPSA) is 228 Å². The van der Waals surface area contributed by atoms with Crippen LogP contribution in [0, 0.1) is 0 Å². The Hall–Kier alpha value is -3.35. The molecule has 446 valence electrons. The molecule has 9 N–H and O–H groups in total. The molecule has 2 fully saturated rings. The molecule has 0 radical (unpaired) electrons. The molecule has 12 unspecified atom stereocenters. The first kappa shape index (κ1) is 70.8. The fourth-order valence-corrected chi connectivity index (χ4v) is 9.09. The predicted molar refractivity (Wildman–Crippen MR) is 313 cm³/mol. The van der Waals surface area contributed by atoms with Crippen LogP contribution in [0.4, 0.5) is 0 Å². The van der Waals surface area contributed by atoms with E-state index in [1.165, 1.54) is 70.6 Å². The first-order valence-corrected chi connectivity index (χ1v) is 30.1. The largest absolute Gasteiger partial charge is 0.394 e. The molecule has 0 aromatic carbocycles. The van der Waals surface area contributed by atoms with E-state index in [1.54, 1.807) is 6.08 Å². The summed E-state index contributed by atoms with van der Waals surface area (Å²) in [5.41, 5.74) is 0. The van der Waals surface area contributed by atoms with E-state index in [4.69, 9.17) is 18.9 Å². The third kappa shape index (κ3) is 33.4. The van der Waals surface area contributed by atoms with Gasteiger partial charge in [-0.3, -0.25) is 4.79 Å². The molecule has 12 atom stereocenters. The zero-order valence-electron chi connectivity index (χ0n) is 47.9. The number of hydrogen-bond donors (Lipinski definition) is 9. The molecular formula is C64H107NO13. The minimum absolute atomic E-state index is 0.257. The van der Waals surface area contributed by atoms with Gasteiger partial charge < -0.3 is 65.1 Å². The average Bonchev–Trinajstić information content (AvgIpc) is 3.47. The molecule has 0 saturated carbocycles. The first-order valence-electron chi connectivity index (χ1n) is 30.1. The Morgan fingerprint density at radius 3 is 1.41 bits per heavy atom. The first-order chi connectivity index (χ1) is 38.1. The lowest BCUT2D eigenvalue weighted by atomic mass is 9.97. The van der Waals surface area contributed by atoms with Crippen molar-refractivity contribution in [1.82, 2.24) is 5.32 Å². The highest BCUT2D eigenvalue weighted by Gasteiger charge is 2.51. The maximum Gasteiger partial charge on any atom is 0.220 e. The lowest BCUT2D eigenvalue weighted by Crippen LogP contribution is -2.65. The number of unbranched alkanes of at least 4 members (excludes halogenated alkanes) is 17. The van der Waals surface area contributed by atoms with E-state index in [0.29, 0.717) is 12.8 Å². The second-order valence-electron chi connectivity index (χ2n) is 20.7. The van der Waals surface area contributed by atoms with Gasteiger partial charge in [-0.15, -0.1) is 0 Å². The Morgan fingerprint density at radius 2 is 0.897 bits per heavy atom. The standard InChI is InChI=1S/C64H107NO13/c1-3-5-7-9-11-13-15-17-19-20-21-22-23-24-25-26-27-28-29-30-31-32-34-36-38-40-42-44-46-48-56(69)65-52(53(68)47-45-43-41-39-37-35-33-18-16-14-12-10-8-6-4-2)51-75-63-61(74)59(72)62(55(50-67)77-63)78-64-60(73)58(71)57(70)54(49-66)76-64/h5,7,11,13,16-19,21-22,24-25,27-28,37,39,45,47,52-55,57-64,66-68,70-74H,3-4,6,8-10,12,14-15,20,23,26,29-36,38,40-44,46,48-51H2,1-2H3,(H,65,69)/b7-5-,13-11-,18-16+,19-17-,22-21-,25-24-,28-27-,39-37+,47-45+. The number of aliphatic hydroxyl groups is 8. The van der Waals surface area contributed by atoms with Crippen molar-refractivity contribution in [3.8, 4) is 0 Å². The molecule has 14 nitrogen and oxygen atoms in total. The van der Waals surface area contributed by atoms with Gasteiger partial charge in [-0.05, 0) is 96.3 Å². The van der Waals surface area contributed by atoms with Crippen LogP contribution in [0.15, 0.2) is 109 Å². The number of allylic oxidation sites excluding steroid dienone is 17. The number of ether oxygens (including phenoxy) is 4. The van der Waals surface area contributed by atoms with Crippen LogP contribution in [-0.2, 0) is 23.7 Å². The second kappa shape index (κ2) is 48.4. The molecule has 2 rings (SSSR count). The van der Waals surface area contributed by atoms with Gasteiger partial charge in [-0.25, -0.2) is 0 Å². The van der Waals surface area contributed by atoms with Gasteiger partial charge in [0.2, 0.25) is 5.91 Å². The molecule has 0 aliphatic carbocycles. The Bertz CT molecular complexity index is 1720. The number of carbonyl (C=O) groups excluding carboxylic acids is 1. The van der Waals surface area contributed by atoms with E-state index in [9.17, 15) is 45.6 Å². The minimum Gasteiger partial charge on any atom is -0.394 e. The number of nitrogens with one attached hydrogen (secondary N) is 1.